The van der Waals surface area contributed by atoms with E-state index in [2.05, 4.69) is 12.2 Å². The first-order valence-electron chi connectivity index (χ1n) is 8.40. The van der Waals surface area contributed by atoms with Gasteiger partial charge in [0.2, 0.25) is 5.91 Å². The van der Waals surface area contributed by atoms with Crippen molar-refractivity contribution in [3.05, 3.63) is 35.4 Å². The Morgan fingerprint density at radius 2 is 1.75 bits per heavy atom. The van der Waals surface area contributed by atoms with Crippen molar-refractivity contribution < 1.29 is 23.5 Å². The number of carboxylic acids is 1. The lowest BCUT2D eigenvalue weighted by molar-refractivity contribution is -0.142. The highest BCUT2D eigenvalue weighted by Crippen LogP contribution is 2.11. The number of nitrogens with one attached hydrogen (secondary N) is 1. The minimum Gasteiger partial charge on any atom is -0.480 e. The summed E-state index contributed by atoms with van der Waals surface area (Å²) in [6.45, 7) is 2.13. The summed E-state index contributed by atoms with van der Waals surface area (Å²) in [6, 6.07) is 2.25. The lowest BCUT2D eigenvalue weighted by atomic mass is 10.0. The van der Waals surface area contributed by atoms with Gasteiger partial charge in [0.25, 0.3) is 0 Å². The van der Waals surface area contributed by atoms with Gasteiger partial charge in [0.15, 0.2) is 11.6 Å². The lowest BCUT2D eigenvalue weighted by Gasteiger charge is -2.14. The van der Waals surface area contributed by atoms with Crippen molar-refractivity contribution in [2.45, 2.75) is 64.3 Å². The molecule has 0 saturated heterocycles. The van der Waals surface area contributed by atoms with Crippen LogP contribution < -0.4 is 5.32 Å². The topological polar surface area (TPSA) is 66.4 Å². The maximum absolute atomic E-state index is 13.1. The molecule has 1 amide bonds. The first-order valence-corrected chi connectivity index (χ1v) is 8.40. The summed E-state index contributed by atoms with van der Waals surface area (Å²) in [5.74, 6) is -3.60. The molecule has 0 fully saturated rings. The molecule has 134 valence electrons. The zero-order valence-corrected chi connectivity index (χ0v) is 14.0. The van der Waals surface area contributed by atoms with Gasteiger partial charge in [0, 0.05) is 0 Å². The lowest BCUT2D eigenvalue weighted by Crippen LogP contribution is -2.41. The van der Waals surface area contributed by atoms with Crippen LogP contribution in [-0.4, -0.2) is 23.0 Å². The van der Waals surface area contributed by atoms with Gasteiger partial charge in [-0.05, 0) is 24.1 Å². The van der Waals surface area contributed by atoms with Crippen LogP contribution in [0.15, 0.2) is 18.2 Å². The number of carbonyl (C=O) groups excluding carboxylic acids is 1. The highest BCUT2D eigenvalue weighted by atomic mass is 19.2. The van der Waals surface area contributed by atoms with Crippen LogP contribution in [0.4, 0.5) is 8.78 Å². The Morgan fingerprint density at radius 3 is 2.38 bits per heavy atom. The normalized spacial score (nSPS) is 12.0. The first-order chi connectivity index (χ1) is 11.4. The molecule has 0 aromatic heterocycles. The smallest absolute Gasteiger partial charge is 0.326 e. The number of rotatable bonds is 11. The highest BCUT2D eigenvalue weighted by Gasteiger charge is 2.19. The van der Waals surface area contributed by atoms with Gasteiger partial charge in [0.1, 0.15) is 6.04 Å². The second kappa shape index (κ2) is 10.7. The van der Waals surface area contributed by atoms with Crippen molar-refractivity contribution in [1.82, 2.24) is 5.32 Å². The fourth-order valence-electron chi connectivity index (χ4n) is 2.47. The number of unbranched alkanes of at least 4 members (excludes halogenated alkanes) is 5. The number of benzene rings is 1. The average molecular weight is 341 g/mol. The monoisotopic (exact) mass is 341 g/mol. The molecule has 4 nitrogen and oxygen atoms in total. The quantitative estimate of drug-likeness (QED) is 0.601. The molecule has 0 radical (unpaired) electrons. The van der Waals surface area contributed by atoms with Gasteiger partial charge >= 0.3 is 5.97 Å². The number of halogens is 2. The van der Waals surface area contributed by atoms with E-state index in [0.717, 1.165) is 44.2 Å². The van der Waals surface area contributed by atoms with E-state index in [0.29, 0.717) is 12.0 Å². The zero-order valence-electron chi connectivity index (χ0n) is 14.0. The van der Waals surface area contributed by atoms with Crippen LogP contribution in [0.5, 0.6) is 0 Å². The molecule has 1 aromatic carbocycles. The number of aliphatic carboxylic acids is 1. The molecule has 0 saturated carbocycles. The minimum absolute atomic E-state index is 0.183. The Morgan fingerprint density at radius 1 is 1.08 bits per heavy atom. The molecule has 1 rings (SSSR count). The van der Waals surface area contributed by atoms with E-state index in [1.165, 1.54) is 12.5 Å². The van der Waals surface area contributed by atoms with E-state index in [9.17, 15) is 23.5 Å². The van der Waals surface area contributed by atoms with E-state index < -0.39 is 29.6 Å². The summed E-state index contributed by atoms with van der Waals surface area (Å²) in [4.78, 5) is 23.1. The van der Waals surface area contributed by atoms with Crippen molar-refractivity contribution >= 4 is 11.9 Å². The molecular weight excluding hydrogens is 316 g/mol. The van der Waals surface area contributed by atoms with Gasteiger partial charge in [0.05, 0.1) is 6.42 Å². The number of hydrogen-bond acceptors (Lipinski definition) is 2. The van der Waals surface area contributed by atoms with Crippen molar-refractivity contribution in [1.29, 1.82) is 0 Å². The molecular formula is C18H25F2NO3. The molecule has 0 bridgehead atoms. The maximum atomic E-state index is 13.1. The molecule has 24 heavy (non-hydrogen) atoms. The summed E-state index contributed by atoms with van der Waals surface area (Å²) in [6.07, 6.45) is 6.36. The summed E-state index contributed by atoms with van der Waals surface area (Å²) < 4.78 is 26.0. The number of amides is 1. The average Bonchev–Trinajstić information content (AvgIpc) is 2.53. The van der Waals surface area contributed by atoms with E-state index in [-0.39, 0.29) is 6.42 Å². The second-order valence-corrected chi connectivity index (χ2v) is 5.94. The van der Waals surface area contributed by atoms with Crippen LogP contribution in [-0.2, 0) is 16.0 Å². The minimum atomic E-state index is -1.08. The number of carboxylic acid groups (broad SMARTS) is 1. The fourth-order valence-corrected chi connectivity index (χ4v) is 2.47. The van der Waals surface area contributed by atoms with Crippen LogP contribution in [0.25, 0.3) is 0 Å². The van der Waals surface area contributed by atoms with Gasteiger partial charge in [-0.2, -0.15) is 0 Å². The Balaban J connectivity index is 2.41. The van der Waals surface area contributed by atoms with Crippen molar-refractivity contribution in [3.63, 3.8) is 0 Å². The molecule has 0 aliphatic heterocycles. The van der Waals surface area contributed by atoms with Crippen molar-refractivity contribution in [3.8, 4) is 0 Å². The van der Waals surface area contributed by atoms with E-state index in [4.69, 9.17) is 0 Å². The molecule has 0 aliphatic rings. The van der Waals surface area contributed by atoms with Crippen molar-refractivity contribution in [2.75, 3.05) is 0 Å². The van der Waals surface area contributed by atoms with Crippen LogP contribution in [0, 0.1) is 11.6 Å². The van der Waals surface area contributed by atoms with E-state index >= 15 is 0 Å². The number of hydrogen-bond donors (Lipinski definition) is 2. The van der Waals surface area contributed by atoms with Gasteiger partial charge in [-0.1, -0.05) is 51.5 Å². The summed E-state index contributed by atoms with van der Waals surface area (Å²) in [5, 5.41) is 11.6. The Kier molecular flexibility index (Phi) is 8.97. The van der Waals surface area contributed by atoms with E-state index in [1.54, 1.807) is 0 Å². The van der Waals surface area contributed by atoms with Gasteiger partial charge < -0.3 is 10.4 Å². The largest absolute Gasteiger partial charge is 0.480 e. The van der Waals surface area contributed by atoms with Crippen LogP contribution in [0.2, 0.25) is 0 Å². The molecule has 1 aromatic rings. The first kappa shape index (κ1) is 20.1. The van der Waals surface area contributed by atoms with Crippen LogP contribution >= 0.6 is 0 Å². The van der Waals surface area contributed by atoms with Crippen LogP contribution in [0.3, 0.4) is 0 Å². The second-order valence-electron chi connectivity index (χ2n) is 5.94. The summed E-state index contributed by atoms with van der Waals surface area (Å²) in [5.41, 5.74) is 0.301. The molecule has 0 unspecified atom stereocenters. The molecule has 6 heteroatoms. The Bertz CT molecular complexity index is 549. The third-order valence-electron chi connectivity index (χ3n) is 3.83. The Labute approximate surface area is 141 Å². The third-order valence-corrected chi connectivity index (χ3v) is 3.83. The SMILES string of the molecule is CCCCCCCC[C@H](NC(=O)Cc1ccc(F)c(F)c1)C(=O)O. The Hall–Kier alpha value is -1.98. The fraction of sp³-hybridized carbons (Fsp3) is 0.556. The van der Waals surface area contributed by atoms with Gasteiger partial charge in [-0.15, -0.1) is 0 Å². The highest BCUT2D eigenvalue weighted by molar-refractivity contribution is 5.84. The molecule has 2 N–H and O–H groups in total. The van der Waals surface area contributed by atoms with Gasteiger partial charge in [-0.3, -0.25) is 4.79 Å². The molecule has 0 heterocycles. The molecule has 0 spiro atoms. The molecule has 0 aliphatic carbocycles. The maximum Gasteiger partial charge on any atom is 0.326 e. The summed E-state index contributed by atoms with van der Waals surface area (Å²) >= 11 is 0. The zero-order chi connectivity index (χ0) is 17.9. The predicted octanol–water partition coefficient (Wildman–Crippen LogP) is 3.83. The summed E-state index contributed by atoms with van der Waals surface area (Å²) in [7, 11) is 0. The van der Waals surface area contributed by atoms with Crippen LogP contribution in [0.1, 0.15) is 57.4 Å². The molecule has 1 atom stereocenters. The standard InChI is InChI=1S/C18H25F2NO3/c1-2-3-4-5-6-7-8-16(18(23)24)21-17(22)12-13-9-10-14(19)15(20)11-13/h9-11,16H,2-8,12H2,1H3,(H,21,22)(H,23,24)/t16-/m0/s1. The predicted molar refractivity (Wildman–Crippen MR) is 87.6 cm³/mol. The number of carbonyl (C=O) groups is 2. The van der Waals surface area contributed by atoms with E-state index in [1.807, 2.05) is 0 Å². The van der Waals surface area contributed by atoms with Crippen molar-refractivity contribution in [2.24, 2.45) is 0 Å². The van der Waals surface area contributed by atoms with Gasteiger partial charge in [-0.25, -0.2) is 13.6 Å². The third kappa shape index (κ3) is 7.53.